The lowest BCUT2D eigenvalue weighted by molar-refractivity contribution is 0.660. The average Bonchev–Trinajstić information content (AvgIpc) is 3.83. The van der Waals surface area contributed by atoms with Crippen molar-refractivity contribution in [3.8, 4) is 39.2 Å². The fraction of sp³-hybridized carbons (Fsp3) is 0.0484. The van der Waals surface area contributed by atoms with E-state index in [1.54, 1.807) is 0 Å². The Morgan fingerprint density at radius 2 is 0.894 bits per heavy atom. The average molecular weight is 847 g/mol. The number of pyridine rings is 1. The van der Waals surface area contributed by atoms with Gasteiger partial charge in [-0.3, -0.25) is 4.57 Å². The second-order valence-electron chi connectivity index (χ2n) is 17.7. The van der Waals surface area contributed by atoms with Crippen LogP contribution in [0.2, 0.25) is 0 Å². The zero-order chi connectivity index (χ0) is 44.2. The zero-order valence-corrected chi connectivity index (χ0v) is 36.9. The molecule has 0 radical (unpaired) electrons. The minimum absolute atomic E-state index is 0.156. The summed E-state index contributed by atoms with van der Waals surface area (Å²) in [5.41, 5.74) is 18.4. The van der Waals surface area contributed by atoms with Gasteiger partial charge in [-0.05, 0) is 142 Å². The summed E-state index contributed by atoms with van der Waals surface area (Å²) in [7, 11) is 0. The van der Waals surface area contributed by atoms with Crippen LogP contribution in [0, 0.1) is 0 Å². The van der Waals surface area contributed by atoms with Gasteiger partial charge in [-0.2, -0.15) is 0 Å². The number of nitrogens with zero attached hydrogens (tertiary/aromatic N) is 4. The fourth-order valence-corrected chi connectivity index (χ4v) is 10.2. The van der Waals surface area contributed by atoms with E-state index in [1.807, 2.05) is 12.3 Å². The molecule has 0 spiro atoms. The van der Waals surface area contributed by atoms with Gasteiger partial charge in [0.15, 0.2) is 0 Å². The zero-order valence-electron chi connectivity index (χ0n) is 36.9. The van der Waals surface area contributed by atoms with Crippen LogP contribution in [0.15, 0.2) is 243 Å². The highest BCUT2D eigenvalue weighted by atomic mass is 15.2. The standard InChI is InChI=1S/C62H46N4/c1-62(2)57-26-14-12-24-53(57)54-35-34-50(42-58(54)62)65(48-22-10-5-11-23-48)52-39-46(45-31-36-60-56(40-45)55-25-13-15-27-59(55)66(60)61-28-16-17-37-63-61)38-51(41-52)64(47-20-8-4-9-21-47)49-32-29-44(30-33-49)43-18-6-3-7-19-43/h3-42H,1-2H3. The maximum atomic E-state index is 4.80. The molecule has 66 heavy (non-hydrogen) atoms. The molecule has 0 bridgehead atoms. The summed E-state index contributed by atoms with van der Waals surface area (Å²) in [5, 5.41) is 2.37. The van der Waals surface area contributed by atoms with Gasteiger partial charge < -0.3 is 9.80 Å². The van der Waals surface area contributed by atoms with Gasteiger partial charge in [-0.15, -0.1) is 0 Å². The van der Waals surface area contributed by atoms with Gasteiger partial charge in [0.25, 0.3) is 0 Å². The minimum atomic E-state index is -0.156. The maximum Gasteiger partial charge on any atom is 0.137 e. The molecule has 314 valence electrons. The van der Waals surface area contributed by atoms with Crippen molar-refractivity contribution in [1.29, 1.82) is 0 Å². The fourth-order valence-electron chi connectivity index (χ4n) is 10.2. The Hall–Kier alpha value is -8.47. The van der Waals surface area contributed by atoms with Crippen LogP contribution >= 0.6 is 0 Å². The molecule has 4 heteroatoms. The van der Waals surface area contributed by atoms with E-state index in [1.165, 1.54) is 44.2 Å². The van der Waals surface area contributed by atoms with Gasteiger partial charge in [0, 0.05) is 56.5 Å². The van der Waals surface area contributed by atoms with Gasteiger partial charge in [-0.1, -0.05) is 153 Å². The number of para-hydroxylation sites is 3. The number of rotatable bonds is 9. The van der Waals surface area contributed by atoms with E-state index in [9.17, 15) is 0 Å². The van der Waals surface area contributed by atoms with E-state index < -0.39 is 0 Å². The molecule has 0 fully saturated rings. The Kier molecular flexibility index (Phi) is 9.46. The van der Waals surface area contributed by atoms with E-state index in [4.69, 9.17) is 4.98 Å². The van der Waals surface area contributed by atoms with Crippen LogP contribution in [-0.4, -0.2) is 9.55 Å². The van der Waals surface area contributed by atoms with Crippen molar-refractivity contribution in [2.24, 2.45) is 0 Å². The number of fused-ring (bicyclic) bond motifs is 6. The van der Waals surface area contributed by atoms with Crippen LogP contribution in [0.1, 0.15) is 25.0 Å². The number of hydrogen-bond donors (Lipinski definition) is 0. The predicted molar refractivity (Wildman–Crippen MR) is 276 cm³/mol. The third-order valence-electron chi connectivity index (χ3n) is 13.4. The number of aromatic nitrogens is 2. The molecule has 1 aliphatic carbocycles. The van der Waals surface area contributed by atoms with Crippen LogP contribution in [0.5, 0.6) is 0 Å². The lowest BCUT2D eigenvalue weighted by Gasteiger charge is -2.31. The SMILES string of the molecule is CC1(C)c2ccccc2-c2ccc(N(c3ccccc3)c3cc(-c4ccc5c(c4)c4ccccc4n5-c4ccccn4)cc(N(c4ccccc4)c4ccc(-c5ccccc5)cc4)c3)cc21. The normalized spacial score (nSPS) is 12.5. The highest BCUT2D eigenvalue weighted by molar-refractivity contribution is 6.10. The Morgan fingerprint density at radius 3 is 1.61 bits per heavy atom. The van der Waals surface area contributed by atoms with E-state index in [2.05, 4.69) is 259 Å². The molecule has 0 saturated carbocycles. The molecule has 11 aromatic rings. The van der Waals surface area contributed by atoms with Crippen molar-refractivity contribution in [3.05, 3.63) is 254 Å². The Balaban J connectivity index is 1.10. The first kappa shape index (κ1) is 39.1. The molecule has 0 atom stereocenters. The minimum Gasteiger partial charge on any atom is -0.310 e. The lowest BCUT2D eigenvalue weighted by Crippen LogP contribution is -2.17. The van der Waals surface area contributed by atoms with Crippen molar-refractivity contribution < 1.29 is 0 Å². The summed E-state index contributed by atoms with van der Waals surface area (Å²) in [6.45, 7) is 4.71. The maximum absolute atomic E-state index is 4.80. The van der Waals surface area contributed by atoms with Gasteiger partial charge in [0.05, 0.1) is 11.0 Å². The Bertz CT molecular complexity index is 3540. The molecule has 0 N–H and O–H groups in total. The molecule has 1 aliphatic rings. The highest BCUT2D eigenvalue weighted by Gasteiger charge is 2.36. The monoisotopic (exact) mass is 846 g/mol. The van der Waals surface area contributed by atoms with Gasteiger partial charge in [0.1, 0.15) is 5.82 Å². The van der Waals surface area contributed by atoms with Crippen molar-refractivity contribution in [3.63, 3.8) is 0 Å². The van der Waals surface area contributed by atoms with Crippen LogP contribution in [-0.2, 0) is 5.41 Å². The van der Waals surface area contributed by atoms with E-state index in [0.29, 0.717) is 0 Å². The third kappa shape index (κ3) is 6.65. The number of benzene rings is 9. The smallest absolute Gasteiger partial charge is 0.137 e. The second kappa shape index (κ2) is 16.0. The first-order valence-electron chi connectivity index (χ1n) is 22.7. The molecule has 9 aromatic carbocycles. The molecular weight excluding hydrogens is 801 g/mol. The number of anilines is 6. The molecule has 2 aromatic heterocycles. The van der Waals surface area contributed by atoms with E-state index >= 15 is 0 Å². The third-order valence-corrected chi connectivity index (χ3v) is 13.4. The molecule has 0 aliphatic heterocycles. The topological polar surface area (TPSA) is 24.3 Å². The van der Waals surface area contributed by atoms with Crippen molar-refractivity contribution in [2.75, 3.05) is 9.80 Å². The second-order valence-corrected chi connectivity index (χ2v) is 17.7. The summed E-state index contributed by atoms with van der Waals surface area (Å²) in [6.07, 6.45) is 1.87. The summed E-state index contributed by atoms with van der Waals surface area (Å²) in [5.74, 6) is 0.900. The van der Waals surface area contributed by atoms with Crippen molar-refractivity contribution >= 4 is 55.9 Å². The predicted octanol–water partition coefficient (Wildman–Crippen LogP) is 16.8. The quantitative estimate of drug-likeness (QED) is 0.145. The van der Waals surface area contributed by atoms with Crippen molar-refractivity contribution in [1.82, 2.24) is 9.55 Å². The first-order chi connectivity index (χ1) is 32.5. The van der Waals surface area contributed by atoms with E-state index in [-0.39, 0.29) is 5.41 Å². The largest absolute Gasteiger partial charge is 0.310 e. The molecule has 0 amide bonds. The lowest BCUT2D eigenvalue weighted by atomic mass is 9.82. The summed E-state index contributed by atoms with van der Waals surface area (Å²) < 4.78 is 2.28. The summed E-state index contributed by atoms with van der Waals surface area (Å²) in [4.78, 5) is 9.61. The number of hydrogen-bond acceptors (Lipinski definition) is 3. The van der Waals surface area contributed by atoms with Crippen LogP contribution < -0.4 is 9.80 Å². The first-order valence-corrected chi connectivity index (χ1v) is 22.7. The highest BCUT2D eigenvalue weighted by Crippen LogP contribution is 2.51. The molecule has 0 saturated heterocycles. The molecular formula is C62H46N4. The Labute approximate surface area is 385 Å². The van der Waals surface area contributed by atoms with Gasteiger partial charge >= 0.3 is 0 Å². The van der Waals surface area contributed by atoms with Crippen LogP contribution in [0.3, 0.4) is 0 Å². The van der Waals surface area contributed by atoms with Crippen LogP contribution in [0.25, 0.3) is 61.0 Å². The van der Waals surface area contributed by atoms with Gasteiger partial charge in [-0.25, -0.2) is 4.98 Å². The summed E-state index contributed by atoms with van der Waals surface area (Å²) >= 11 is 0. The summed E-state index contributed by atoms with van der Waals surface area (Å²) in [6, 6.07) is 85.7. The molecule has 4 nitrogen and oxygen atoms in total. The molecule has 0 unspecified atom stereocenters. The van der Waals surface area contributed by atoms with E-state index in [0.717, 1.165) is 62.1 Å². The van der Waals surface area contributed by atoms with Gasteiger partial charge in [0.2, 0.25) is 0 Å². The molecule has 2 heterocycles. The molecule has 12 rings (SSSR count). The Morgan fingerprint density at radius 1 is 0.348 bits per heavy atom. The van der Waals surface area contributed by atoms with Crippen LogP contribution in [0.4, 0.5) is 34.1 Å². The van der Waals surface area contributed by atoms with Crippen molar-refractivity contribution in [2.45, 2.75) is 19.3 Å².